The van der Waals surface area contributed by atoms with Crippen LogP contribution < -0.4 is 5.32 Å². The molecule has 0 spiro atoms. The van der Waals surface area contributed by atoms with E-state index in [1.165, 1.54) is 0 Å². The topological polar surface area (TPSA) is 58.6 Å². The van der Waals surface area contributed by atoms with Gasteiger partial charge in [-0.15, -0.1) is 0 Å². The first kappa shape index (κ1) is 12.4. The van der Waals surface area contributed by atoms with Crippen LogP contribution in [0.4, 0.5) is 0 Å². The number of ether oxygens (including phenoxy) is 1. The van der Waals surface area contributed by atoms with Crippen molar-refractivity contribution in [3.63, 3.8) is 0 Å². The third kappa shape index (κ3) is 5.60. The molecule has 0 fully saturated rings. The summed E-state index contributed by atoms with van der Waals surface area (Å²) in [5.41, 5.74) is 0. The lowest BCUT2D eigenvalue weighted by Gasteiger charge is -2.19. The highest BCUT2D eigenvalue weighted by atomic mass is 16.5. The maximum absolute atomic E-state index is 10.9. The second kappa shape index (κ2) is 6.86. The third-order valence-electron chi connectivity index (χ3n) is 1.82. The van der Waals surface area contributed by atoms with Crippen molar-refractivity contribution in [3.8, 4) is 0 Å². The lowest BCUT2D eigenvalue weighted by molar-refractivity contribution is -0.142. The molecular formula is C9H19NO3. The molecule has 0 bridgehead atoms. The van der Waals surface area contributed by atoms with Crippen LogP contribution in [0.5, 0.6) is 0 Å². The van der Waals surface area contributed by atoms with Gasteiger partial charge in [-0.05, 0) is 12.8 Å². The predicted octanol–water partition coefficient (Wildman–Crippen LogP) is 0.156. The van der Waals surface area contributed by atoms with Crippen molar-refractivity contribution >= 4 is 5.97 Å². The molecule has 78 valence electrons. The van der Waals surface area contributed by atoms with Gasteiger partial charge in [-0.25, -0.2) is 0 Å². The van der Waals surface area contributed by atoms with E-state index in [-0.39, 0.29) is 25.2 Å². The van der Waals surface area contributed by atoms with Crippen LogP contribution in [0.3, 0.4) is 0 Å². The average molecular weight is 189 g/mol. The number of carbonyl (C=O) groups excluding carboxylic acids is 1. The predicted molar refractivity (Wildman–Crippen MR) is 50.3 cm³/mol. The van der Waals surface area contributed by atoms with Crippen molar-refractivity contribution in [2.75, 3.05) is 19.8 Å². The van der Waals surface area contributed by atoms with Gasteiger partial charge >= 0.3 is 5.97 Å². The molecule has 0 rings (SSSR count). The number of nitrogens with one attached hydrogen (secondary N) is 1. The molecule has 0 aliphatic rings. The minimum atomic E-state index is -0.276. The van der Waals surface area contributed by atoms with Crippen LogP contribution in [0.2, 0.25) is 0 Å². The van der Waals surface area contributed by atoms with Crippen molar-refractivity contribution in [2.24, 2.45) is 5.92 Å². The second-order valence-electron chi connectivity index (χ2n) is 3.22. The number of aliphatic hydroxyl groups excluding tert-OH is 1. The molecule has 0 saturated heterocycles. The largest absolute Gasteiger partial charge is 0.465 e. The fourth-order valence-corrected chi connectivity index (χ4v) is 0.938. The Morgan fingerprint density at radius 1 is 1.54 bits per heavy atom. The van der Waals surface area contributed by atoms with Gasteiger partial charge in [0.25, 0.3) is 0 Å². The molecule has 4 nitrogen and oxygen atoms in total. The first-order chi connectivity index (χ1) is 6.11. The smallest absolute Gasteiger partial charge is 0.319 e. The van der Waals surface area contributed by atoms with Crippen molar-refractivity contribution in [3.05, 3.63) is 0 Å². The highest BCUT2D eigenvalue weighted by Gasteiger charge is 2.12. The van der Waals surface area contributed by atoms with Gasteiger partial charge in [0.15, 0.2) is 0 Å². The highest BCUT2D eigenvalue weighted by molar-refractivity contribution is 5.71. The Balaban J connectivity index is 3.65. The zero-order chi connectivity index (χ0) is 10.3. The zero-order valence-corrected chi connectivity index (χ0v) is 8.54. The van der Waals surface area contributed by atoms with E-state index in [1.807, 2.05) is 13.8 Å². The van der Waals surface area contributed by atoms with Crippen LogP contribution in [0, 0.1) is 5.92 Å². The summed E-state index contributed by atoms with van der Waals surface area (Å²) in [6, 6.07) is -0.0376. The molecule has 0 aromatic heterocycles. The molecule has 0 aliphatic heterocycles. The van der Waals surface area contributed by atoms with Gasteiger partial charge < -0.3 is 15.2 Å². The Kier molecular flexibility index (Phi) is 6.54. The van der Waals surface area contributed by atoms with E-state index in [1.54, 1.807) is 6.92 Å². The quantitative estimate of drug-likeness (QED) is 0.584. The number of esters is 1. The molecule has 4 heteroatoms. The average Bonchev–Trinajstić information content (AvgIpc) is 2.05. The Bertz CT molecular complexity index is 148. The summed E-state index contributed by atoms with van der Waals surface area (Å²) in [6.07, 6.45) is 0. The molecule has 0 aromatic rings. The monoisotopic (exact) mass is 189 g/mol. The Hall–Kier alpha value is -0.610. The summed E-state index contributed by atoms with van der Waals surface area (Å²) in [7, 11) is 0. The Labute approximate surface area is 79.3 Å². The van der Waals surface area contributed by atoms with E-state index in [2.05, 4.69) is 5.32 Å². The summed E-state index contributed by atoms with van der Waals surface area (Å²) >= 11 is 0. The second-order valence-corrected chi connectivity index (χ2v) is 3.22. The highest BCUT2D eigenvalue weighted by Crippen LogP contribution is 1.99. The van der Waals surface area contributed by atoms with Crippen molar-refractivity contribution in [1.82, 2.24) is 5.32 Å². The van der Waals surface area contributed by atoms with Gasteiger partial charge in [-0.1, -0.05) is 13.8 Å². The lowest BCUT2D eigenvalue weighted by atomic mass is 10.1. The van der Waals surface area contributed by atoms with Crippen LogP contribution in [-0.2, 0) is 9.53 Å². The summed E-state index contributed by atoms with van der Waals surface area (Å²) in [5.74, 6) is 0.0287. The van der Waals surface area contributed by atoms with Crippen LogP contribution in [0.1, 0.15) is 20.8 Å². The van der Waals surface area contributed by atoms with E-state index in [9.17, 15) is 4.79 Å². The number of rotatable bonds is 6. The van der Waals surface area contributed by atoms with Crippen LogP contribution in [-0.4, -0.2) is 36.9 Å². The molecule has 1 atom stereocenters. The first-order valence-electron chi connectivity index (χ1n) is 4.61. The Morgan fingerprint density at radius 2 is 2.15 bits per heavy atom. The summed E-state index contributed by atoms with van der Waals surface area (Å²) < 4.78 is 4.73. The first-order valence-corrected chi connectivity index (χ1v) is 4.61. The van der Waals surface area contributed by atoms with Crippen molar-refractivity contribution in [2.45, 2.75) is 26.8 Å². The summed E-state index contributed by atoms with van der Waals surface area (Å²) in [5, 5.41) is 11.9. The van der Waals surface area contributed by atoms with Crippen LogP contribution >= 0.6 is 0 Å². The van der Waals surface area contributed by atoms with Gasteiger partial charge in [0.05, 0.1) is 19.8 Å². The van der Waals surface area contributed by atoms with Gasteiger partial charge in [-0.3, -0.25) is 4.79 Å². The molecule has 0 aromatic carbocycles. The normalized spacial score (nSPS) is 13.0. The number of aliphatic hydroxyl groups is 1. The van der Waals surface area contributed by atoms with Gasteiger partial charge in [0.2, 0.25) is 0 Å². The zero-order valence-electron chi connectivity index (χ0n) is 8.54. The van der Waals surface area contributed by atoms with Crippen LogP contribution in [0.25, 0.3) is 0 Å². The maximum Gasteiger partial charge on any atom is 0.319 e. The fourth-order valence-electron chi connectivity index (χ4n) is 0.938. The van der Waals surface area contributed by atoms with Gasteiger partial charge in [0, 0.05) is 6.04 Å². The van der Waals surface area contributed by atoms with Crippen molar-refractivity contribution in [1.29, 1.82) is 0 Å². The standard InChI is InChI=1S/C9H19NO3/c1-4-13-9(12)5-10-8(6-11)7(2)3/h7-8,10-11H,4-6H2,1-3H3. The Morgan fingerprint density at radius 3 is 2.54 bits per heavy atom. The van der Waals surface area contributed by atoms with E-state index in [0.29, 0.717) is 12.5 Å². The minimum absolute atomic E-state index is 0.0376. The van der Waals surface area contributed by atoms with Gasteiger partial charge in [0.1, 0.15) is 0 Å². The molecule has 2 N–H and O–H groups in total. The van der Waals surface area contributed by atoms with Gasteiger partial charge in [-0.2, -0.15) is 0 Å². The van der Waals surface area contributed by atoms with Crippen molar-refractivity contribution < 1.29 is 14.6 Å². The van der Waals surface area contributed by atoms with E-state index >= 15 is 0 Å². The number of carbonyl (C=O) groups is 1. The maximum atomic E-state index is 10.9. The third-order valence-corrected chi connectivity index (χ3v) is 1.82. The number of hydrogen-bond donors (Lipinski definition) is 2. The molecule has 13 heavy (non-hydrogen) atoms. The molecule has 1 unspecified atom stereocenters. The van der Waals surface area contributed by atoms with Crippen LogP contribution in [0.15, 0.2) is 0 Å². The summed E-state index contributed by atoms with van der Waals surface area (Å²) in [6.45, 7) is 6.34. The molecule has 0 radical (unpaired) electrons. The molecule has 0 amide bonds. The molecular weight excluding hydrogens is 170 g/mol. The molecule has 0 saturated carbocycles. The number of hydrogen-bond acceptors (Lipinski definition) is 4. The molecule has 0 aliphatic carbocycles. The van der Waals surface area contributed by atoms with E-state index in [4.69, 9.17) is 9.84 Å². The van der Waals surface area contributed by atoms with E-state index in [0.717, 1.165) is 0 Å². The SMILES string of the molecule is CCOC(=O)CNC(CO)C(C)C. The van der Waals surface area contributed by atoms with E-state index < -0.39 is 0 Å². The lowest BCUT2D eigenvalue weighted by Crippen LogP contribution is -2.40. The fraction of sp³-hybridized carbons (Fsp3) is 0.889. The summed E-state index contributed by atoms with van der Waals surface area (Å²) in [4.78, 5) is 10.9. The molecule has 0 heterocycles. The minimum Gasteiger partial charge on any atom is -0.465 e.